The van der Waals surface area contributed by atoms with Crippen LogP contribution in [0.15, 0.2) is 36.5 Å². The van der Waals surface area contributed by atoms with Gasteiger partial charge >= 0.3 is 7.82 Å². The summed E-state index contributed by atoms with van der Waals surface area (Å²) in [7, 11) is 1.54. The van der Waals surface area contributed by atoms with Crippen LogP contribution in [0.3, 0.4) is 0 Å². The Morgan fingerprint density at radius 3 is 1.63 bits per heavy atom. The summed E-state index contributed by atoms with van der Waals surface area (Å²) in [5.41, 5.74) is 0. The first kappa shape index (κ1) is 47.7. The molecule has 0 aromatic heterocycles. The fourth-order valence-corrected chi connectivity index (χ4v) is 6.10. The summed E-state index contributed by atoms with van der Waals surface area (Å²) >= 11 is 0. The highest BCUT2D eigenvalue weighted by Crippen LogP contribution is 2.43. The van der Waals surface area contributed by atoms with E-state index in [9.17, 15) is 19.4 Å². The van der Waals surface area contributed by atoms with Crippen molar-refractivity contribution in [3.05, 3.63) is 36.5 Å². The second-order valence-electron chi connectivity index (χ2n) is 14.6. The Morgan fingerprint density at radius 2 is 1.12 bits per heavy atom. The molecule has 0 aromatic rings. The average Bonchev–Trinajstić information content (AvgIpc) is 3.04. The molecule has 3 N–H and O–H groups in total. The van der Waals surface area contributed by atoms with E-state index in [1.807, 2.05) is 27.2 Å². The minimum absolute atomic E-state index is 0.0542. The maximum atomic E-state index is 12.8. The summed E-state index contributed by atoms with van der Waals surface area (Å²) in [4.78, 5) is 23.0. The summed E-state index contributed by atoms with van der Waals surface area (Å²) in [6, 6.07) is -0.863. The smallest absolute Gasteiger partial charge is 0.387 e. The molecule has 0 rings (SSSR count). The van der Waals surface area contributed by atoms with Crippen molar-refractivity contribution in [3.8, 4) is 0 Å². The summed E-state index contributed by atoms with van der Waals surface area (Å²) in [6.45, 7) is 4.74. The van der Waals surface area contributed by atoms with Gasteiger partial charge in [0.05, 0.1) is 39.9 Å². The summed E-state index contributed by atoms with van der Waals surface area (Å²) in [5, 5.41) is 13.7. The zero-order chi connectivity index (χ0) is 36.5. The molecular weight excluding hydrogens is 635 g/mol. The van der Waals surface area contributed by atoms with Crippen molar-refractivity contribution in [2.45, 2.75) is 174 Å². The van der Waals surface area contributed by atoms with E-state index < -0.39 is 20.0 Å². The number of phosphoric acid groups is 1. The number of aliphatic hydroxyl groups excluding tert-OH is 1. The number of amides is 1. The van der Waals surface area contributed by atoms with Gasteiger partial charge in [-0.25, -0.2) is 4.57 Å². The molecule has 0 fully saturated rings. The third-order valence-corrected chi connectivity index (χ3v) is 9.57. The highest BCUT2D eigenvalue weighted by atomic mass is 31.2. The monoisotopic (exact) mass is 714 g/mol. The highest BCUT2D eigenvalue weighted by molar-refractivity contribution is 7.47. The van der Waals surface area contributed by atoms with Crippen molar-refractivity contribution in [3.63, 3.8) is 0 Å². The largest absolute Gasteiger partial charge is 0.472 e. The molecule has 8 nitrogen and oxygen atoms in total. The molecule has 0 bridgehead atoms. The third kappa shape index (κ3) is 34.9. The maximum absolute atomic E-state index is 12.8. The minimum Gasteiger partial charge on any atom is -0.387 e. The number of phosphoric ester groups is 1. The minimum atomic E-state index is -4.34. The Kier molecular flexibility index (Phi) is 31.8. The quantitative estimate of drug-likeness (QED) is 0.0261. The molecule has 0 radical (unpaired) electrons. The van der Waals surface area contributed by atoms with Gasteiger partial charge in [-0.3, -0.25) is 13.8 Å². The molecule has 0 saturated carbocycles. The SMILES string of the molecule is CCCCCC/C=C/CC/C=C/CC/C=C/C(O)C(COP(=O)(O)OCC[N+](C)(C)C)NC(=O)CCCCCCCCCCCCCCC. The predicted molar refractivity (Wildman–Crippen MR) is 208 cm³/mol. The maximum Gasteiger partial charge on any atom is 0.472 e. The summed E-state index contributed by atoms with van der Waals surface area (Å²) in [5.74, 6) is -0.194. The number of carbonyl (C=O) groups excluding carboxylic acids is 1. The van der Waals surface area contributed by atoms with Gasteiger partial charge in [-0.15, -0.1) is 0 Å². The number of nitrogens with zero attached hydrogens (tertiary/aromatic N) is 1. The van der Waals surface area contributed by atoms with Gasteiger partial charge in [-0.05, 0) is 44.9 Å². The molecule has 288 valence electrons. The molecule has 3 atom stereocenters. The molecule has 0 saturated heterocycles. The van der Waals surface area contributed by atoms with Gasteiger partial charge in [0, 0.05) is 6.42 Å². The molecule has 0 aliphatic carbocycles. The lowest BCUT2D eigenvalue weighted by Gasteiger charge is -2.25. The third-order valence-electron chi connectivity index (χ3n) is 8.59. The first-order valence-corrected chi connectivity index (χ1v) is 21.4. The van der Waals surface area contributed by atoms with Crippen LogP contribution in [0.25, 0.3) is 0 Å². The molecule has 0 spiro atoms. The lowest BCUT2D eigenvalue weighted by Crippen LogP contribution is -2.45. The Balaban J connectivity index is 4.59. The van der Waals surface area contributed by atoms with Crippen LogP contribution in [-0.2, 0) is 18.4 Å². The number of rotatable bonds is 35. The highest BCUT2D eigenvalue weighted by Gasteiger charge is 2.27. The van der Waals surface area contributed by atoms with E-state index in [2.05, 4.69) is 43.5 Å². The van der Waals surface area contributed by atoms with Crippen LogP contribution in [0.5, 0.6) is 0 Å². The standard InChI is InChI=1S/C40H77N2O6P/c1-6-8-10-12-14-16-18-20-22-23-25-27-29-31-33-39(43)38(37-48-49(45,46)47-36-35-42(3,4)5)41-40(44)34-32-30-28-26-24-21-19-17-15-13-11-9-7-2/h16,18,23,25,31,33,38-39,43H,6-15,17,19-22,24,26-30,32,34-37H2,1-5H3,(H-,41,44,45,46)/p+1/b18-16+,25-23+,33-31+. The number of unbranched alkanes of at least 4 members (excludes halogenated alkanes) is 18. The van der Waals surface area contributed by atoms with Crippen LogP contribution >= 0.6 is 7.82 Å². The van der Waals surface area contributed by atoms with Crippen LogP contribution in [0.4, 0.5) is 0 Å². The first-order valence-electron chi connectivity index (χ1n) is 19.9. The van der Waals surface area contributed by atoms with Gasteiger partial charge in [0.1, 0.15) is 13.2 Å². The lowest BCUT2D eigenvalue weighted by atomic mass is 10.0. The molecule has 0 aromatic carbocycles. The Labute approximate surface area is 302 Å². The van der Waals surface area contributed by atoms with Crippen LogP contribution in [0, 0.1) is 0 Å². The van der Waals surface area contributed by atoms with E-state index in [0.29, 0.717) is 17.4 Å². The van der Waals surface area contributed by atoms with Crippen molar-refractivity contribution in [1.82, 2.24) is 5.32 Å². The van der Waals surface area contributed by atoms with Crippen molar-refractivity contribution >= 4 is 13.7 Å². The molecule has 49 heavy (non-hydrogen) atoms. The molecule has 0 aliphatic heterocycles. The normalized spacial score (nSPS) is 15.0. The number of nitrogens with one attached hydrogen (secondary N) is 1. The van der Waals surface area contributed by atoms with Crippen LogP contribution in [0.2, 0.25) is 0 Å². The molecule has 1 amide bonds. The van der Waals surface area contributed by atoms with Gasteiger partial charge in [0.2, 0.25) is 5.91 Å². The second-order valence-corrected chi connectivity index (χ2v) is 16.1. The van der Waals surface area contributed by atoms with Crippen LogP contribution in [0.1, 0.15) is 162 Å². The van der Waals surface area contributed by atoms with E-state index >= 15 is 0 Å². The first-order chi connectivity index (χ1) is 23.5. The van der Waals surface area contributed by atoms with E-state index in [0.717, 1.165) is 44.9 Å². The summed E-state index contributed by atoms with van der Waals surface area (Å²) < 4.78 is 23.4. The zero-order valence-corrected chi connectivity index (χ0v) is 33.3. The number of carbonyl (C=O) groups is 1. The van der Waals surface area contributed by atoms with Crippen molar-refractivity contribution in [2.24, 2.45) is 0 Å². The van der Waals surface area contributed by atoms with E-state index in [1.54, 1.807) is 6.08 Å². The van der Waals surface area contributed by atoms with Crippen LogP contribution in [-0.4, -0.2) is 73.4 Å². The van der Waals surface area contributed by atoms with E-state index in [1.165, 1.54) is 96.3 Å². The fraction of sp³-hybridized carbons (Fsp3) is 0.825. The number of quaternary nitrogens is 1. The number of hydrogen-bond acceptors (Lipinski definition) is 5. The fourth-order valence-electron chi connectivity index (χ4n) is 5.36. The van der Waals surface area contributed by atoms with Gasteiger partial charge < -0.3 is 19.8 Å². The Morgan fingerprint density at radius 1 is 0.673 bits per heavy atom. The molecule has 0 heterocycles. The molecule has 3 unspecified atom stereocenters. The lowest BCUT2D eigenvalue weighted by molar-refractivity contribution is -0.870. The summed E-state index contributed by atoms with van der Waals surface area (Å²) in [6.07, 6.45) is 37.8. The number of hydrogen-bond donors (Lipinski definition) is 3. The van der Waals surface area contributed by atoms with E-state index in [-0.39, 0.29) is 19.1 Å². The second kappa shape index (κ2) is 32.6. The Hall–Kier alpha value is -1.28. The van der Waals surface area contributed by atoms with Gasteiger partial charge in [0.15, 0.2) is 0 Å². The number of allylic oxidation sites excluding steroid dienone is 5. The zero-order valence-electron chi connectivity index (χ0n) is 32.4. The van der Waals surface area contributed by atoms with Gasteiger partial charge in [-0.2, -0.15) is 0 Å². The van der Waals surface area contributed by atoms with Crippen molar-refractivity contribution in [2.75, 3.05) is 40.9 Å². The molecular formula is C40H78N2O6P+. The predicted octanol–water partition coefficient (Wildman–Crippen LogP) is 10.4. The topological polar surface area (TPSA) is 105 Å². The van der Waals surface area contributed by atoms with Crippen LogP contribution < -0.4 is 5.32 Å². The Bertz CT molecular complexity index is 902. The average molecular weight is 714 g/mol. The van der Waals surface area contributed by atoms with Crippen molar-refractivity contribution in [1.29, 1.82) is 0 Å². The molecule has 9 heteroatoms. The number of likely N-dealkylation sites (N-methyl/N-ethyl adjacent to an activating group) is 1. The molecule has 0 aliphatic rings. The number of aliphatic hydroxyl groups is 1. The van der Waals surface area contributed by atoms with Gasteiger partial charge in [-0.1, -0.05) is 147 Å². The van der Waals surface area contributed by atoms with E-state index in [4.69, 9.17) is 9.05 Å². The van der Waals surface area contributed by atoms with Gasteiger partial charge in [0.25, 0.3) is 0 Å². The van der Waals surface area contributed by atoms with Crippen molar-refractivity contribution < 1.29 is 32.9 Å².